The van der Waals surface area contributed by atoms with E-state index in [9.17, 15) is 0 Å². The predicted octanol–water partition coefficient (Wildman–Crippen LogP) is 3.91. The number of guanidine groups is 1. The van der Waals surface area contributed by atoms with Crippen molar-refractivity contribution < 1.29 is 4.74 Å². The third kappa shape index (κ3) is 7.51. The first kappa shape index (κ1) is 21.4. The first-order valence-corrected chi connectivity index (χ1v) is 9.56. The summed E-state index contributed by atoms with van der Waals surface area (Å²) in [6.07, 6.45) is 3.85. The Balaban J connectivity index is 0.00000288. The van der Waals surface area contributed by atoms with Crippen molar-refractivity contribution in [3.8, 4) is 5.75 Å². The van der Waals surface area contributed by atoms with Gasteiger partial charge < -0.3 is 15.4 Å². The molecule has 0 amide bonds. The molecule has 2 rings (SSSR count). The second-order valence-corrected chi connectivity index (χ2v) is 7.50. The molecule has 1 aliphatic rings. The Hall–Kier alpha value is -0.630. The Morgan fingerprint density at radius 3 is 2.75 bits per heavy atom. The number of nitrogens with zero attached hydrogens (tertiary/aromatic N) is 1. The molecule has 0 heterocycles. The van der Waals surface area contributed by atoms with Crippen LogP contribution < -0.4 is 15.4 Å². The number of thioether (sulfide) groups is 1. The van der Waals surface area contributed by atoms with Crippen molar-refractivity contribution in [2.45, 2.75) is 50.5 Å². The number of nitrogens with one attached hydrogen (secondary N) is 2. The quantitative estimate of drug-likeness (QED) is 0.366. The van der Waals surface area contributed by atoms with Crippen LogP contribution in [0.15, 0.2) is 35.3 Å². The number of hydrogen-bond acceptors (Lipinski definition) is 3. The first-order chi connectivity index (χ1) is 11.2. The molecular weight excluding hydrogens is 433 g/mol. The van der Waals surface area contributed by atoms with Crippen molar-refractivity contribution >= 4 is 41.7 Å². The Labute approximate surface area is 167 Å². The van der Waals surface area contributed by atoms with E-state index in [1.165, 1.54) is 25.0 Å². The molecule has 0 aliphatic heterocycles. The molecule has 1 fully saturated rings. The average molecular weight is 463 g/mol. The third-order valence-corrected chi connectivity index (χ3v) is 5.22. The zero-order valence-electron chi connectivity index (χ0n) is 14.8. The summed E-state index contributed by atoms with van der Waals surface area (Å²) in [6, 6.07) is 10.5. The lowest BCUT2D eigenvalue weighted by atomic mass is 10.2. The Morgan fingerprint density at radius 2 is 2.08 bits per heavy atom. The largest absolute Gasteiger partial charge is 0.489 e. The van der Waals surface area contributed by atoms with Crippen molar-refractivity contribution in [1.29, 1.82) is 0 Å². The molecule has 3 atom stereocenters. The van der Waals surface area contributed by atoms with Gasteiger partial charge >= 0.3 is 0 Å². The van der Waals surface area contributed by atoms with E-state index in [0.29, 0.717) is 6.04 Å². The van der Waals surface area contributed by atoms with Crippen LogP contribution in [-0.2, 0) is 0 Å². The lowest BCUT2D eigenvalue weighted by Crippen LogP contribution is -2.45. The summed E-state index contributed by atoms with van der Waals surface area (Å²) >= 11 is 2.08. The van der Waals surface area contributed by atoms with E-state index in [2.05, 4.69) is 41.2 Å². The van der Waals surface area contributed by atoms with Gasteiger partial charge in [0.1, 0.15) is 11.9 Å². The smallest absolute Gasteiger partial charge is 0.191 e. The van der Waals surface area contributed by atoms with Crippen LogP contribution in [0.5, 0.6) is 5.75 Å². The Kier molecular flexibility index (Phi) is 10.6. The number of ether oxygens (including phenoxy) is 1. The molecule has 136 valence electrons. The molecule has 0 radical (unpaired) electrons. The van der Waals surface area contributed by atoms with Crippen molar-refractivity contribution in [3.05, 3.63) is 30.3 Å². The average Bonchev–Trinajstić information content (AvgIpc) is 3.00. The summed E-state index contributed by atoms with van der Waals surface area (Å²) in [6.45, 7) is 5.03. The second kappa shape index (κ2) is 11.8. The fourth-order valence-corrected chi connectivity index (χ4v) is 4.00. The first-order valence-electron chi connectivity index (χ1n) is 8.51. The monoisotopic (exact) mass is 463 g/mol. The van der Waals surface area contributed by atoms with Crippen LogP contribution >= 0.6 is 35.7 Å². The maximum atomic E-state index is 5.88. The molecule has 6 heteroatoms. The van der Waals surface area contributed by atoms with E-state index in [1.807, 2.05) is 37.4 Å². The van der Waals surface area contributed by atoms with Crippen LogP contribution in [0.3, 0.4) is 0 Å². The van der Waals surface area contributed by atoms with Crippen LogP contribution in [0.1, 0.15) is 33.1 Å². The molecule has 1 aromatic rings. The van der Waals surface area contributed by atoms with Crippen LogP contribution in [0, 0.1) is 0 Å². The van der Waals surface area contributed by atoms with Crippen LogP contribution in [-0.4, -0.2) is 42.7 Å². The van der Waals surface area contributed by atoms with Gasteiger partial charge in [-0.1, -0.05) is 25.1 Å². The molecule has 1 aromatic carbocycles. The molecule has 3 unspecified atom stereocenters. The summed E-state index contributed by atoms with van der Waals surface area (Å²) in [5.41, 5.74) is 0. The van der Waals surface area contributed by atoms with E-state index in [-0.39, 0.29) is 30.1 Å². The minimum Gasteiger partial charge on any atom is -0.489 e. The lowest BCUT2D eigenvalue weighted by molar-refractivity contribution is 0.223. The van der Waals surface area contributed by atoms with E-state index in [1.54, 1.807) is 0 Å². The summed E-state index contributed by atoms with van der Waals surface area (Å²) in [7, 11) is 1.82. The van der Waals surface area contributed by atoms with Gasteiger partial charge in [0.05, 0.1) is 6.54 Å². The normalized spacial score (nSPS) is 21.7. The zero-order valence-corrected chi connectivity index (χ0v) is 18.0. The molecule has 24 heavy (non-hydrogen) atoms. The number of hydrogen-bond donors (Lipinski definition) is 2. The van der Waals surface area contributed by atoms with E-state index in [0.717, 1.165) is 23.5 Å². The fraction of sp³-hybridized carbons (Fsp3) is 0.611. The molecule has 0 saturated heterocycles. The highest BCUT2D eigenvalue weighted by molar-refractivity contribution is 14.0. The Morgan fingerprint density at radius 1 is 1.33 bits per heavy atom. The van der Waals surface area contributed by atoms with Crippen LogP contribution in [0.4, 0.5) is 0 Å². The number of aliphatic imine (C=N–C) groups is 1. The number of halogens is 1. The van der Waals surface area contributed by atoms with Gasteiger partial charge in [-0.25, -0.2) is 0 Å². The van der Waals surface area contributed by atoms with Gasteiger partial charge in [-0.2, -0.15) is 11.8 Å². The highest BCUT2D eigenvalue weighted by atomic mass is 127. The van der Waals surface area contributed by atoms with Gasteiger partial charge in [-0.15, -0.1) is 24.0 Å². The van der Waals surface area contributed by atoms with Gasteiger partial charge in [0.15, 0.2) is 5.96 Å². The zero-order chi connectivity index (χ0) is 16.5. The molecule has 0 spiro atoms. The number of para-hydroxylation sites is 1. The van der Waals surface area contributed by atoms with Crippen LogP contribution in [0.2, 0.25) is 0 Å². The van der Waals surface area contributed by atoms with Crippen molar-refractivity contribution in [2.24, 2.45) is 4.99 Å². The van der Waals surface area contributed by atoms with Gasteiger partial charge in [-0.05, 0) is 44.1 Å². The SMILES string of the molecule is CCSC1CCC(NC(=NC)NCC(C)Oc2ccccc2)C1.I. The highest BCUT2D eigenvalue weighted by Gasteiger charge is 2.25. The molecule has 2 N–H and O–H groups in total. The molecule has 1 aliphatic carbocycles. The minimum absolute atomic E-state index is 0. The highest BCUT2D eigenvalue weighted by Crippen LogP contribution is 2.29. The summed E-state index contributed by atoms with van der Waals surface area (Å²) in [5.74, 6) is 2.99. The molecule has 1 saturated carbocycles. The topological polar surface area (TPSA) is 45.7 Å². The molecular formula is C18H30IN3OS. The van der Waals surface area contributed by atoms with Gasteiger partial charge in [0.2, 0.25) is 0 Å². The molecule has 0 aromatic heterocycles. The van der Waals surface area contributed by atoms with Crippen molar-refractivity contribution in [3.63, 3.8) is 0 Å². The second-order valence-electron chi connectivity index (χ2n) is 5.93. The maximum Gasteiger partial charge on any atom is 0.191 e. The van der Waals surface area contributed by atoms with Crippen molar-refractivity contribution in [2.75, 3.05) is 19.3 Å². The fourth-order valence-electron chi connectivity index (χ4n) is 2.86. The number of benzene rings is 1. The van der Waals surface area contributed by atoms with E-state index in [4.69, 9.17) is 4.74 Å². The molecule has 4 nitrogen and oxygen atoms in total. The predicted molar refractivity (Wildman–Crippen MR) is 116 cm³/mol. The van der Waals surface area contributed by atoms with Gasteiger partial charge in [-0.3, -0.25) is 4.99 Å². The lowest BCUT2D eigenvalue weighted by Gasteiger charge is -2.20. The molecule has 0 bridgehead atoms. The standard InChI is InChI=1S/C18H29N3OS.HI/c1-4-23-17-11-10-15(12-17)21-18(19-3)20-13-14(2)22-16-8-6-5-7-9-16;/h5-9,14-15,17H,4,10-13H2,1-3H3,(H2,19,20,21);1H. The third-order valence-electron chi connectivity index (χ3n) is 3.99. The maximum absolute atomic E-state index is 5.88. The van der Waals surface area contributed by atoms with E-state index < -0.39 is 0 Å². The van der Waals surface area contributed by atoms with Gasteiger partial charge in [0.25, 0.3) is 0 Å². The number of rotatable bonds is 7. The summed E-state index contributed by atoms with van der Waals surface area (Å²) < 4.78 is 5.88. The summed E-state index contributed by atoms with van der Waals surface area (Å²) in [5, 5.41) is 7.72. The van der Waals surface area contributed by atoms with Crippen molar-refractivity contribution in [1.82, 2.24) is 10.6 Å². The van der Waals surface area contributed by atoms with E-state index >= 15 is 0 Å². The Bertz CT molecular complexity index is 486. The summed E-state index contributed by atoms with van der Waals surface area (Å²) in [4.78, 5) is 4.33. The van der Waals surface area contributed by atoms with Gasteiger partial charge in [0, 0.05) is 18.3 Å². The van der Waals surface area contributed by atoms with Crippen LogP contribution in [0.25, 0.3) is 0 Å². The minimum atomic E-state index is 0.